The zero-order chi connectivity index (χ0) is 24.1. The second kappa shape index (κ2) is 6.81. The molecule has 0 aromatic carbocycles. The van der Waals surface area contributed by atoms with Crippen LogP contribution in [0.4, 0.5) is 0 Å². The van der Waals surface area contributed by atoms with Crippen molar-refractivity contribution in [1.82, 2.24) is 5.32 Å². The van der Waals surface area contributed by atoms with Gasteiger partial charge in [-0.2, -0.15) is 0 Å². The lowest BCUT2D eigenvalue weighted by atomic mass is 9.33. The van der Waals surface area contributed by atoms with Crippen molar-refractivity contribution in [3.63, 3.8) is 0 Å². The Bertz CT molecular complexity index is 900. The van der Waals surface area contributed by atoms with Gasteiger partial charge in [-0.15, -0.1) is 10.1 Å². The Morgan fingerprint density at radius 2 is 1.14 bits per heavy atom. The molecule has 1 N–H and O–H groups in total. The summed E-state index contributed by atoms with van der Waals surface area (Å²) in [4.78, 5) is 28.1. The van der Waals surface area contributed by atoms with Gasteiger partial charge in [0.1, 0.15) is 5.60 Å². The zero-order valence-corrected chi connectivity index (χ0v) is 21.6. The molecule has 14 aliphatic carbocycles. The van der Waals surface area contributed by atoms with E-state index in [-0.39, 0.29) is 17.0 Å². The van der Waals surface area contributed by atoms with Crippen LogP contribution in [0, 0.1) is 93.0 Å². The van der Waals surface area contributed by atoms with Crippen LogP contribution in [0.15, 0.2) is 0 Å². The molecule has 196 valence electrons. The van der Waals surface area contributed by atoms with Gasteiger partial charge in [0.2, 0.25) is 5.91 Å². The van der Waals surface area contributed by atoms with E-state index < -0.39 is 5.09 Å². The van der Waals surface area contributed by atoms with Crippen molar-refractivity contribution in [3.05, 3.63) is 10.1 Å². The van der Waals surface area contributed by atoms with Gasteiger partial charge in [0.15, 0.2) is 0 Å². The first-order valence-electron chi connectivity index (χ1n) is 15.5. The zero-order valence-electron chi connectivity index (χ0n) is 21.6. The normalized spacial score (nSPS) is 62.4. The van der Waals surface area contributed by atoms with Crippen LogP contribution < -0.4 is 5.32 Å². The van der Waals surface area contributed by atoms with E-state index in [9.17, 15) is 14.9 Å². The van der Waals surface area contributed by atoms with Crippen LogP contribution in [0.25, 0.3) is 0 Å². The van der Waals surface area contributed by atoms with E-state index in [1.807, 2.05) is 0 Å². The summed E-state index contributed by atoms with van der Waals surface area (Å²) in [6.45, 7) is 1.73. The number of carbonyl (C=O) groups excluding carboxylic acids is 1. The van der Waals surface area contributed by atoms with Crippen LogP contribution in [-0.4, -0.2) is 22.1 Å². The molecule has 6 heteroatoms. The lowest BCUT2D eigenvalue weighted by molar-refractivity contribution is -0.793. The molecule has 0 radical (unpaired) electrons. The highest BCUT2D eigenvalue weighted by molar-refractivity contribution is 5.74. The van der Waals surface area contributed by atoms with E-state index in [1.54, 1.807) is 6.92 Å². The highest BCUT2D eigenvalue weighted by Crippen LogP contribution is 2.74. The molecule has 8 atom stereocenters. The minimum absolute atomic E-state index is 0.225. The van der Waals surface area contributed by atoms with Crippen LogP contribution in [0.5, 0.6) is 0 Å². The Kier molecular flexibility index (Phi) is 4.08. The predicted molar refractivity (Wildman–Crippen MR) is 132 cm³/mol. The summed E-state index contributed by atoms with van der Waals surface area (Å²) >= 11 is 0. The summed E-state index contributed by atoms with van der Waals surface area (Å²) in [5, 5.41) is 14.0. The van der Waals surface area contributed by atoms with Crippen molar-refractivity contribution in [1.29, 1.82) is 0 Å². The molecule has 36 heavy (non-hydrogen) atoms. The molecule has 0 aromatic rings. The SMILES string of the molecule is CC(=O)NC12CC3CC4C5CC(CC41)CC2C5C3.O=[N+]([O-])OC12CC3CC4C5CC(CC41)CC2C5C3. The second-order valence-corrected chi connectivity index (χ2v) is 15.6. The molecule has 6 nitrogen and oxygen atoms in total. The second-order valence-electron chi connectivity index (χ2n) is 15.6. The van der Waals surface area contributed by atoms with E-state index in [0.717, 1.165) is 77.4 Å². The molecular formula is C30H42N2O4. The third kappa shape index (κ3) is 2.49. The first-order valence-corrected chi connectivity index (χ1v) is 15.5. The number of nitrogens with one attached hydrogen (secondary N) is 1. The van der Waals surface area contributed by atoms with E-state index in [1.165, 1.54) is 70.6 Å². The molecule has 14 fully saturated rings. The molecule has 14 rings (SSSR count). The average Bonchev–Trinajstić information content (AvgIpc) is 2.84. The number of nitrogens with zero attached hydrogens (tertiary/aromatic N) is 1. The quantitative estimate of drug-likeness (QED) is 0.430. The van der Waals surface area contributed by atoms with Crippen LogP contribution in [0.3, 0.4) is 0 Å². The molecule has 0 heterocycles. The van der Waals surface area contributed by atoms with Gasteiger partial charge in [-0.1, -0.05) is 0 Å². The minimum Gasteiger partial charge on any atom is -0.350 e. The van der Waals surface area contributed by atoms with Crippen molar-refractivity contribution < 1.29 is 14.7 Å². The van der Waals surface area contributed by atoms with Gasteiger partial charge in [0, 0.05) is 12.5 Å². The summed E-state index contributed by atoms with van der Waals surface area (Å²) in [6.07, 6.45) is 16.2. The number of hydrogen-bond acceptors (Lipinski definition) is 4. The van der Waals surface area contributed by atoms with E-state index in [0.29, 0.717) is 11.8 Å². The molecular weight excluding hydrogens is 452 g/mol. The molecule has 0 saturated heterocycles. The summed E-state index contributed by atoms with van der Waals surface area (Å²) in [5.41, 5.74) is -0.108. The number of amides is 1. The fourth-order valence-corrected chi connectivity index (χ4v) is 14.7. The number of rotatable bonds is 3. The summed E-state index contributed by atoms with van der Waals surface area (Å²) in [5.74, 6) is 11.9. The van der Waals surface area contributed by atoms with Crippen LogP contribution in [0.2, 0.25) is 0 Å². The fraction of sp³-hybridized carbons (Fsp3) is 0.967. The maximum absolute atomic E-state index is 11.7. The molecule has 0 spiro atoms. The topological polar surface area (TPSA) is 81.5 Å². The van der Waals surface area contributed by atoms with E-state index >= 15 is 0 Å². The lowest BCUT2D eigenvalue weighted by Gasteiger charge is -2.74. The maximum Gasteiger partial charge on any atom is 0.295 e. The Hall–Kier alpha value is -1.33. The van der Waals surface area contributed by atoms with Crippen molar-refractivity contribution in [2.75, 3.05) is 0 Å². The monoisotopic (exact) mass is 494 g/mol. The number of hydrogen-bond donors (Lipinski definition) is 1. The standard InChI is InChI=1S/C16H23NO.C14H19NO3/c1-8(18)17-16-7-10-3-12-11-2-9(5-14(12)16)6-15(16)13(11)4-10;16-15(17)18-14-6-8-2-10-9-1-7(4-12(10)14)5-13(14)11(9)3-8/h9-15H,2-7H2,1H3,(H,17,18);7-13H,1-6H2. The van der Waals surface area contributed by atoms with Gasteiger partial charge in [-0.25, -0.2) is 0 Å². The molecule has 0 aromatic heterocycles. The molecule has 8 unspecified atom stereocenters. The highest BCUT2D eigenvalue weighted by Gasteiger charge is 2.72. The minimum atomic E-state index is -0.482. The van der Waals surface area contributed by atoms with Gasteiger partial charge < -0.3 is 10.2 Å². The molecule has 0 aliphatic heterocycles. The predicted octanol–water partition coefficient (Wildman–Crippen LogP) is 5.24. The van der Waals surface area contributed by atoms with Crippen LogP contribution >= 0.6 is 0 Å². The Labute approximate surface area is 214 Å². The van der Waals surface area contributed by atoms with Crippen molar-refractivity contribution in [2.45, 2.75) is 95.1 Å². The lowest BCUT2D eigenvalue weighted by Crippen LogP contribution is -2.76. The first-order chi connectivity index (χ1) is 17.3. The molecule has 14 saturated carbocycles. The Balaban J connectivity index is 0.000000108. The summed E-state index contributed by atoms with van der Waals surface area (Å²) in [6, 6.07) is 0. The summed E-state index contributed by atoms with van der Waals surface area (Å²) < 4.78 is 0. The molecule has 1 amide bonds. The largest absolute Gasteiger partial charge is 0.350 e. The van der Waals surface area contributed by atoms with E-state index in [2.05, 4.69) is 5.32 Å². The van der Waals surface area contributed by atoms with Gasteiger partial charge in [-0.3, -0.25) is 4.79 Å². The van der Waals surface area contributed by atoms with Crippen molar-refractivity contribution >= 4 is 5.91 Å². The van der Waals surface area contributed by atoms with Gasteiger partial charge in [0.05, 0.1) is 0 Å². The maximum atomic E-state index is 11.7. The Morgan fingerprint density at radius 1 is 0.694 bits per heavy atom. The summed E-state index contributed by atoms with van der Waals surface area (Å²) in [7, 11) is 0. The molecule has 16 bridgehead atoms. The third-order valence-corrected chi connectivity index (χ3v) is 14.7. The van der Waals surface area contributed by atoms with Gasteiger partial charge >= 0.3 is 0 Å². The van der Waals surface area contributed by atoms with Crippen LogP contribution in [-0.2, 0) is 9.63 Å². The fourth-order valence-electron chi connectivity index (χ4n) is 14.7. The van der Waals surface area contributed by atoms with Crippen LogP contribution in [0.1, 0.15) is 84.0 Å². The first kappa shape index (κ1) is 21.6. The number of carbonyl (C=O) groups is 1. The molecule has 14 aliphatic rings. The third-order valence-electron chi connectivity index (χ3n) is 14.7. The van der Waals surface area contributed by atoms with Crippen molar-refractivity contribution in [2.24, 2.45) is 82.9 Å². The van der Waals surface area contributed by atoms with Gasteiger partial charge in [-0.05, 0) is 160 Å². The Morgan fingerprint density at radius 3 is 1.64 bits per heavy atom. The highest BCUT2D eigenvalue weighted by atomic mass is 17.0. The smallest absolute Gasteiger partial charge is 0.295 e. The van der Waals surface area contributed by atoms with Gasteiger partial charge in [0.25, 0.3) is 5.09 Å². The van der Waals surface area contributed by atoms with E-state index in [4.69, 9.17) is 4.84 Å². The average molecular weight is 495 g/mol. The van der Waals surface area contributed by atoms with Crippen molar-refractivity contribution in [3.8, 4) is 0 Å².